The second kappa shape index (κ2) is 5.54. The van der Waals surface area contributed by atoms with E-state index in [2.05, 4.69) is 20.9 Å². The zero-order valence-corrected chi connectivity index (χ0v) is 12.0. The van der Waals surface area contributed by atoms with E-state index in [-0.39, 0.29) is 6.04 Å². The van der Waals surface area contributed by atoms with Crippen LogP contribution in [0, 0.1) is 0 Å². The highest BCUT2D eigenvalue weighted by Gasteiger charge is 2.09. The highest BCUT2D eigenvalue weighted by Crippen LogP contribution is 2.28. The van der Waals surface area contributed by atoms with Gasteiger partial charge in [-0.15, -0.1) is 0 Å². The zero-order chi connectivity index (χ0) is 13.1. The Labute approximate surface area is 115 Å². The summed E-state index contributed by atoms with van der Waals surface area (Å²) in [7, 11) is 1.94. The molecule has 96 valence electrons. The minimum atomic E-state index is -0.0559. The van der Waals surface area contributed by atoms with Crippen molar-refractivity contribution >= 4 is 15.9 Å². The number of ether oxygens (including phenoxy) is 1. The summed E-state index contributed by atoms with van der Waals surface area (Å²) in [5, 5.41) is 0. The summed E-state index contributed by atoms with van der Waals surface area (Å²) < 4.78 is 8.75. The number of aromatic nitrogens is 2. The third-order valence-corrected chi connectivity index (χ3v) is 3.25. The first kappa shape index (κ1) is 13.1. The fraction of sp³-hybridized carbons (Fsp3) is 0.308. The molecule has 0 saturated carbocycles. The van der Waals surface area contributed by atoms with Gasteiger partial charge in [-0.1, -0.05) is 22.0 Å². The third-order valence-electron chi connectivity index (χ3n) is 2.76. The Balaban J connectivity index is 2.18. The number of halogens is 1. The molecule has 1 atom stereocenters. The first-order valence-electron chi connectivity index (χ1n) is 5.71. The summed E-state index contributed by atoms with van der Waals surface area (Å²) in [4.78, 5) is 4.06. The largest absolute Gasteiger partial charge is 0.487 e. The monoisotopic (exact) mass is 309 g/mol. The van der Waals surface area contributed by atoms with Crippen LogP contribution in [0.5, 0.6) is 5.75 Å². The molecule has 2 aromatic rings. The SMILES string of the molecule is C[C@@H](N)c1ccc(Br)cc1OCc1cncn1C. The van der Waals surface area contributed by atoms with Crippen LogP contribution in [0.25, 0.3) is 0 Å². The molecular weight excluding hydrogens is 294 g/mol. The topological polar surface area (TPSA) is 53.1 Å². The zero-order valence-electron chi connectivity index (χ0n) is 10.4. The number of nitrogens with zero attached hydrogens (tertiary/aromatic N) is 2. The lowest BCUT2D eigenvalue weighted by Crippen LogP contribution is -2.09. The third kappa shape index (κ3) is 2.91. The molecule has 0 bridgehead atoms. The number of nitrogens with two attached hydrogens (primary N) is 1. The van der Waals surface area contributed by atoms with Gasteiger partial charge in [-0.25, -0.2) is 4.98 Å². The Morgan fingerprint density at radius 3 is 2.89 bits per heavy atom. The van der Waals surface area contributed by atoms with Gasteiger partial charge in [0.05, 0.1) is 18.2 Å². The normalized spacial score (nSPS) is 12.4. The van der Waals surface area contributed by atoms with Gasteiger partial charge in [-0.05, 0) is 19.1 Å². The Morgan fingerprint density at radius 2 is 2.28 bits per heavy atom. The smallest absolute Gasteiger partial charge is 0.130 e. The molecule has 18 heavy (non-hydrogen) atoms. The van der Waals surface area contributed by atoms with E-state index in [1.807, 2.05) is 36.7 Å². The maximum Gasteiger partial charge on any atom is 0.130 e. The van der Waals surface area contributed by atoms with E-state index in [1.165, 1.54) is 0 Å². The minimum absolute atomic E-state index is 0.0559. The lowest BCUT2D eigenvalue weighted by atomic mass is 10.1. The van der Waals surface area contributed by atoms with Crippen LogP contribution in [0.2, 0.25) is 0 Å². The van der Waals surface area contributed by atoms with Crippen molar-refractivity contribution in [3.63, 3.8) is 0 Å². The van der Waals surface area contributed by atoms with Crippen LogP contribution in [-0.2, 0) is 13.7 Å². The molecule has 0 saturated heterocycles. The van der Waals surface area contributed by atoms with Crippen molar-refractivity contribution in [3.05, 3.63) is 46.5 Å². The predicted octanol–water partition coefficient (Wildman–Crippen LogP) is 2.78. The summed E-state index contributed by atoms with van der Waals surface area (Å²) in [5.74, 6) is 0.806. The highest BCUT2D eigenvalue weighted by molar-refractivity contribution is 9.10. The number of rotatable bonds is 4. The first-order chi connectivity index (χ1) is 8.58. The molecule has 4 nitrogen and oxygen atoms in total. The highest BCUT2D eigenvalue weighted by atomic mass is 79.9. The van der Waals surface area contributed by atoms with Crippen LogP contribution in [0.4, 0.5) is 0 Å². The van der Waals surface area contributed by atoms with Gasteiger partial charge in [-0.3, -0.25) is 0 Å². The summed E-state index contributed by atoms with van der Waals surface area (Å²) >= 11 is 3.44. The van der Waals surface area contributed by atoms with Crippen LogP contribution in [-0.4, -0.2) is 9.55 Å². The van der Waals surface area contributed by atoms with Gasteiger partial charge in [0.25, 0.3) is 0 Å². The summed E-state index contributed by atoms with van der Waals surface area (Å²) in [6.45, 7) is 2.42. The van der Waals surface area contributed by atoms with E-state index >= 15 is 0 Å². The summed E-state index contributed by atoms with van der Waals surface area (Å²) in [5.41, 5.74) is 7.95. The molecule has 2 N–H and O–H groups in total. The van der Waals surface area contributed by atoms with Gasteiger partial charge in [0.15, 0.2) is 0 Å². The average molecular weight is 310 g/mol. The molecule has 5 heteroatoms. The van der Waals surface area contributed by atoms with Gasteiger partial charge >= 0.3 is 0 Å². The summed E-state index contributed by atoms with van der Waals surface area (Å²) in [6.07, 6.45) is 3.55. The molecule has 1 aromatic carbocycles. The van der Waals surface area contributed by atoms with E-state index in [0.29, 0.717) is 6.61 Å². The first-order valence-corrected chi connectivity index (χ1v) is 6.50. The van der Waals surface area contributed by atoms with Crippen molar-refractivity contribution in [1.29, 1.82) is 0 Å². The van der Waals surface area contributed by atoms with Gasteiger partial charge in [0.1, 0.15) is 12.4 Å². The molecular formula is C13H16BrN3O. The van der Waals surface area contributed by atoms with Crippen molar-refractivity contribution < 1.29 is 4.74 Å². The molecule has 0 unspecified atom stereocenters. The molecule has 0 aliphatic rings. The summed E-state index contributed by atoms with van der Waals surface area (Å²) in [6, 6.07) is 5.83. The molecule has 2 rings (SSSR count). The molecule has 0 spiro atoms. The predicted molar refractivity (Wildman–Crippen MR) is 74.3 cm³/mol. The van der Waals surface area contributed by atoms with E-state index in [4.69, 9.17) is 10.5 Å². The lowest BCUT2D eigenvalue weighted by Gasteiger charge is -2.14. The Morgan fingerprint density at radius 1 is 1.50 bits per heavy atom. The second-order valence-electron chi connectivity index (χ2n) is 4.26. The Kier molecular flexibility index (Phi) is 4.04. The van der Waals surface area contributed by atoms with E-state index < -0.39 is 0 Å². The van der Waals surface area contributed by atoms with E-state index in [1.54, 1.807) is 12.5 Å². The number of imidazole rings is 1. The minimum Gasteiger partial charge on any atom is -0.487 e. The quantitative estimate of drug-likeness (QED) is 0.945. The van der Waals surface area contributed by atoms with Gasteiger partial charge in [0.2, 0.25) is 0 Å². The van der Waals surface area contributed by atoms with Crippen molar-refractivity contribution in [3.8, 4) is 5.75 Å². The fourth-order valence-electron chi connectivity index (χ4n) is 1.68. The van der Waals surface area contributed by atoms with Crippen LogP contribution >= 0.6 is 15.9 Å². The van der Waals surface area contributed by atoms with Gasteiger partial charge in [0, 0.05) is 23.1 Å². The molecule has 0 fully saturated rings. The van der Waals surface area contributed by atoms with Gasteiger partial charge < -0.3 is 15.0 Å². The van der Waals surface area contributed by atoms with Crippen LogP contribution in [0.15, 0.2) is 35.2 Å². The second-order valence-corrected chi connectivity index (χ2v) is 5.17. The number of benzene rings is 1. The van der Waals surface area contributed by atoms with Gasteiger partial charge in [-0.2, -0.15) is 0 Å². The standard InChI is InChI=1S/C13H16BrN3O/c1-9(15)12-4-3-10(14)5-13(12)18-7-11-6-16-8-17(11)2/h3-6,8-9H,7,15H2,1-2H3/t9-/m1/s1. The van der Waals surface area contributed by atoms with Crippen LogP contribution in [0.3, 0.4) is 0 Å². The lowest BCUT2D eigenvalue weighted by molar-refractivity contribution is 0.292. The van der Waals surface area contributed by atoms with E-state index in [9.17, 15) is 0 Å². The molecule has 1 aromatic heterocycles. The Hall–Kier alpha value is -1.33. The molecule has 0 aliphatic heterocycles. The number of hydrogen-bond acceptors (Lipinski definition) is 3. The number of aryl methyl sites for hydroxylation is 1. The molecule has 1 heterocycles. The van der Waals surface area contributed by atoms with Crippen molar-refractivity contribution in [2.24, 2.45) is 12.8 Å². The van der Waals surface area contributed by atoms with Crippen LogP contribution < -0.4 is 10.5 Å². The average Bonchev–Trinajstić information content (AvgIpc) is 2.72. The molecule has 0 aliphatic carbocycles. The van der Waals surface area contributed by atoms with Crippen molar-refractivity contribution in [2.45, 2.75) is 19.6 Å². The van der Waals surface area contributed by atoms with Crippen LogP contribution in [0.1, 0.15) is 24.2 Å². The van der Waals surface area contributed by atoms with Crippen molar-refractivity contribution in [1.82, 2.24) is 9.55 Å². The molecule has 0 amide bonds. The Bertz CT molecular complexity index is 537. The maximum atomic E-state index is 5.93. The van der Waals surface area contributed by atoms with E-state index in [0.717, 1.165) is 21.5 Å². The maximum absolute atomic E-state index is 5.93. The molecule has 0 radical (unpaired) electrons. The fourth-order valence-corrected chi connectivity index (χ4v) is 2.02. The number of hydrogen-bond donors (Lipinski definition) is 1. The van der Waals surface area contributed by atoms with Crippen molar-refractivity contribution in [2.75, 3.05) is 0 Å².